The zero-order valence-electron chi connectivity index (χ0n) is 20.5. The summed E-state index contributed by atoms with van der Waals surface area (Å²) in [6, 6.07) is 17.8. The van der Waals surface area contributed by atoms with E-state index in [1.54, 1.807) is 55.5 Å². The second-order valence-corrected chi connectivity index (χ2v) is 10.2. The standard InChI is InChI=1S/C27H24N4O5S2/c1-3-21(37-19-11-7-10-18(14-19)29-22(32)12-13-23(33)34)25(35)31-27-20(15-28)16(2)24(38-27)26(36)30-17-8-5-4-6-9-17/h4-14,21H,3H2,1-2H3,(H,29,32)(H,30,36)(H,31,35)(H,33,34)/b13-12+. The molecule has 3 aromatic rings. The molecule has 4 N–H and O–H groups in total. The number of carboxylic acids is 1. The van der Waals surface area contributed by atoms with Crippen LogP contribution in [0.2, 0.25) is 0 Å². The first-order chi connectivity index (χ1) is 18.2. The van der Waals surface area contributed by atoms with Crippen molar-refractivity contribution in [2.75, 3.05) is 16.0 Å². The summed E-state index contributed by atoms with van der Waals surface area (Å²) in [6.45, 7) is 3.52. The van der Waals surface area contributed by atoms with Crippen molar-refractivity contribution in [3.63, 3.8) is 0 Å². The summed E-state index contributed by atoms with van der Waals surface area (Å²) in [5.74, 6) is -2.52. The Morgan fingerprint density at radius 1 is 1.03 bits per heavy atom. The number of amides is 3. The van der Waals surface area contributed by atoms with Gasteiger partial charge >= 0.3 is 5.97 Å². The van der Waals surface area contributed by atoms with Crippen LogP contribution in [-0.4, -0.2) is 34.0 Å². The van der Waals surface area contributed by atoms with Crippen LogP contribution >= 0.6 is 23.1 Å². The predicted molar refractivity (Wildman–Crippen MR) is 149 cm³/mol. The molecule has 1 unspecified atom stereocenters. The van der Waals surface area contributed by atoms with Crippen LogP contribution in [0, 0.1) is 18.3 Å². The maximum atomic E-state index is 13.1. The average molecular weight is 549 g/mol. The topological polar surface area (TPSA) is 148 Å². The molecule has 1 atom stereocenters. The molecule has 3 amide bonds. The molecule has 11 heteroatoms. The Balaban J connectivity index is 1.72. The molecule has 38 heavy (non-hydrogen) atoms. The van der Waals surface area contributed by atoms with Gasteiger partial charge in [0.25, 0.3) is 5.91 Å². The number of hydrogen-bond acceptors (Lipinski definition) is 7. The summed E-state index contributed by atoms with van der Waals surface area (Å²) < 4.78 is 0. The number of nitrogens with zero attached hydrogens (tertiary/aromatic N) is 1. The van der Waals surface area contributed by atoms with Crippen molar-refractivity contribution in [3.05, 3.63) is 82.8 Å². The monoisotopic (exact) mass is 548 g/mol. The van der Waals surface area contributed by atoms with E-state index in [1.807, 2.05) is 13.0 Å². The molecule has 0 aliphatic rings. The van der Waals surface area contributed by atoms with Gasteiger partial charge in [0.1, 0.15) is 11.1 Å². The molecule has 2 aromatic carbocycles. The van der Waals surface area contributed by atoms with Crippen LogP contribution in [0.15, 0.2) is 71.6 Å². The number of para-hydroxylation sites is 1. The minimum Gasteiger partial charge on any atom is -0.478 e. The number of aliphatic carboxylic acids is 1. The van der Waals surface area contributed by atoms with E-state index in [9.17, 15) is 24.4 Å². The Kier molecular flexibility index (Phi) is 9.81. The lowest BCUT2D eigenvalue weighted by Gasteiger charge is -2.15. The van der Waals surface area contributed by atoms with Crippen LogP contribution in [0.5, 0.6) is 0 Å². The van der Waals surface area contributed by atoms with E-state index in [2.05, 4.69) is 22.0 Å². The number of thiophene rings is 1. The third kappa shape index (κ3) is 7.55. The second kappa shape index (κ2) is 13.2. The first-order valence-electron chi connectivity index (χ1n) is 11.4. The van der Waals surface area contributed by atoms with Crippen LogP contribution in [0.3, 0.4) is 0 Å². The zero-order valence-corrected chi connectivity index (χ0v) is 22.1. The Morgan fingerprint density at radius 2 is 1.74 bits per heavy atom. The Labute approximate surface area is 227 Å². The Morgan fingerprint density at radius 3 is 2.39 bits per heavy atom. The highest BCUT2D eigenvalue weighted by atomic mass is 32.2. The van der Waals surface area contributed by atoms with Gasteiger partial charge in [-0.05, 0) is 49.2 Å². The van der Waals surface area contributed by atoms with Crippen LogP contribution in [0.25, 0.3) is 0 Å². The third-order valence-corrected chi connectivity index (χ3v) is 7.72. The summed E-state index contributed by atoms with van der Waals surface area (Å²) in [7, 11) is 0. The first kappa shape index (κ1) is 28.2. The zero-order chi connectivity index (χ0) is 27.7. The van der Waals surface area contributed by atoms with Gasteiger partial charge in [-0.25, -0.2) is 4.79 Å². The van der Waals surface area contributed by atoms with Crippen LogP contribution in [0.1, 0.15) is 34.1 Å². The lowest BCUT2D eigenvalue weighted by molar-refractivity contribution is -0.131. The fourth-order valence-electron chi connectivity index (χ4n) is 3.32. The molecule has 1 aromatic heterocycles. The van der Waals surface area contributed by atoms with E-state index >= 15 is 0 Å². The summed E-state index contributed by atoms with van der Waals surface area (Å²) >= 11 is 2.32. The highest BCUT2D eigenvalue weighted by Gasteiger charge is 2.24. The first-order valence-corrected chi connectivity index (χ1v) is 13.1. The number of nitrogens with one attached hydrogen (secondary N) is 3. The summed E-state index contributed by atoms with van der Waals surface area (Å²) in [4.78, 5) is 49.5. The van der Waals surface area contributed by atoms with Crippen molar-refractivity contribution in [1.29, 1.82) is 5.26 Å². The molecule has 3 rings (SSSR count). The largest absolute Gasteiger partial charge is 0.478 e. The van der Waals surface area contributed by atoms with E-state index in [0.717, 1.165) is 23.5 Å². The molecule has 1 heterocycles. The van der Waals surface area contributed by atoms with E-state index in [1.165, 1.54) is 11.8 Å². The quantitative estimate of drug-likeness (QED) is 0.199. The van der Waals surface area contributed by atoms with Gasteiger partial charge in [-0.3, -0.25) is 14.4 Å². The number of thioether (sulfide) groups is 1. The smallest absolute Gasteiger partial charge is 0.328 e. The molecule has 0 aliphatic carbocycles. The number of anilines is 3. The van der Waals surface area contributed by atoms with Crippen molar-refractivity contribution in [1.82, 2.24) is 0 Å². The van der Waals surface area contributed by atoms with Gasteiger partial charge in [-0.15, -0.1) is 23.1 Å². The number of hydrogen-bond donors (Lipinski definition) is 4. The SMILES string of the molecule is CCC(Sc1cccc(NC(=O)/C=C/C(=O)O)c1)C(=O)Nc1sc(C(=O)Nc2ccccc2)c(C)c1C#N. The fourth-order valence-corrected chi connectivity index (χ4v) is 5.39. The number of carbonyl (C=O) groups excluding carboxylic acids is 3. The number of rotatable bonds is 10. The number of benzene rings is 2. The number of carbonyl (C=O) groups is 4. The fraction of sp³-hybridized carbons (Fsp3) is 0.148. The van der Waals surface area contributed by atoms with Crippen molar-refractivity contribution in [2.24, 2.45) is 0 Å². The lowest BCUT2D eigenvalue weighted by Crippen LogP contribution is -2.24. The summed E-state index contributed by atoms with van der Waals surface area (Å²) in [6.07, 6.45) is 2.13. The highest BCUT2D eigenvalue weighted by Crippen LogP contribution is 2.35. The molecular weight excluding hydrogens is 524 g/mol. The van der Waals surface area contributed by atoms with E-state index in [4.69, 9.17) is 5.11 Å². The van der Waals surface area contributed by atoms with E-state index < -0.39 is 17.1 Å². The molecule has 0 saturated carbocycles. The van der Waals surface area contributed by atoms with Crippen LogP contribution < -0.4 is 16.0 Å². The van der Waals surface area contributed by atoms with Crippen molar-refractivity contribution < 1.29 is 24.3 Å². The van der Waals surface area contributed by atoms with Gasteiger partial charge in [0.15, 0.2) is 0 Å². The maximum Gasteiger partial charge on any atom is 0.328 e. The van der Waals surface area contributed by atoms with Crippen molar-refractivity contribution >= 4 is 63.2 Å². The lowest BCUT2D eigenvalue weighted by atomic mass is 10.1. The molecule has 0 aliphatic heterocycles. The summed E-state index contributed by atoms with van der Waals surface area (Å²) in [5, 5.41) is 26.3. The minimum absolute atomic E-state index is 0.237. The molecule has 0 fully saturated rings. The Hall–Kier alpha value is -4.40. The van der Waals surface area contributed by atoms with Crippen LogP contribution in [0.4, 0.5) is 16.4 Å². The normalized spacial score (nSPS) is 11.4. The van der Waals surface area contributed by atoms with Crippen molar-refractivity contribution in [3.8, 4) is 6.07 Å². The minimum atomic E-state index is -1.23. The predicted octanol–water partition coefficient (Wildman–Crippen LogP) is 5.27. The molecule has 0 saturated heterocycles. The maximum absolute atomic E-state index is 13.1. The highest BCUT2D eigenvalue weighted by molar-refractivity contribution is 8.00. The average Bonchev–Trinajstić information content (AvgIpc) is 3.21. The molecular formula is C27H24N4O5S2. The molecule has 0 spiro atoms. The molecule has 194 valence electrons. The molecule has 0 bridgehead atoms. The Bertz CT molecular complexity index is 1430. The van der Waals surface area contributed by atoms with E-state index in [-0.39, 0.29) is 17.4 Å². The van der Waals surface area contributed by atoms with Gasteiger partial charge in [-0.2, -0.15) is 5.26 Å². The van der Waals surface area contributed by atoms with Crippen LogP contribution in [-0.2, 0) is 14.4 Å². The van der Waals surface area contributed by atoms with Gasteiger partial charge in [0.2, 0.25) is 11.8 Å². The number of nitriles is 1. The van der Waals surface area contributed by atoms with Gasteiger partial charge in [-0.1, -0.05) is 31.2 Å². The third-order valence-electron chi connectivity index (χ3n) is 5.15. The van der Waals surface area contributed by atoms with Gasteiger partial charge in [0.05, 0.1) is 15.7 Å². The molecule has 0 radical (unpaired) electrons. The molecule has 9 nitrogen and oxygen atoms in total. The number of carboxylic acid groups (broad SMARTS) is 1. The summed E-state index contributed by atoms with van der Waals surface area (Å²) in [5.41, 5.74) is 1.79. The van der Waals surface area contributed by atoms with E-state index in [0.29, 0.717) is 38.1 Å². The van der Waals surface area contributed by atoms with Crippen molar-refractivity contribution in [2.45, 2.75) is 30.4 Å². The van der Waals surface area contributed by atoms with Gasteiger partial charge in [0, 0.05) is 28.4 Å². The van der Waals surface area contributed by atoms with Gasteiger partial charge < -0.3 is 21.1 Å². The second-order valence-electron chi connectivity index (χ2n) is 7.88.